The predicted molar refractivity (Wildman–Crippen MR) is 139 cm³/mol. The smallest absolute Gasteiger partial charge is 0.248 e. The zero-order chi connectivity index (χ0) is 27.3. The van der Waals surface area contributed by atoms with Crippen molar-refractivity contribution in [3.8, 4) is 5.75 Å². The molecule has 2 heterocycles. The number of rotatable bonds is 8. The average molecular weight is 534 g/mol. The molecule has 0 radical (unpaired) electrons. The average Bonchev–Trinajstić information content (AvgIpc) is 3.04. The van der Waals surface area contributed by atoms with Crippen molar-refractivity contribution in [1.29, 1.82) is 0 Å². The van der Waals surface area contributed by atoms with E-state index in [0.29, 0.717) is 45.6 Å². The van der Waals surface area contributed by atoms with Gasteiger partial charge in [-0.3, -0.25) is 9.69 Å². The molecule has 2 aromatic carbocycles. The number of ether oxygens (including phenoxy) is 2. The first-order chi connectivity index (χ1) is 18.1. The molecule has 38 heavy (non-hydrogen) atoms. The number of methoxy groups -OCH3 is 1. The number of hydrogen-bond acceptors (Lipinski definition) is 7. The van der Waals surface area contributed by atoms with Crippen LogP contribution in [-0.4, -0.2) is 103 Å². The van der Waals surface area contributed by atoms with Gasteiger partial charge < -0.3 is 29.5 Å². The molecule has 2 aliphatic rings. The van der Waals surface area contributed by atoms with Crippen molar-refractivity contribution >= 4 is 11.6 Å². The fraction of sp³-hybridized carbons (Fsp3) is 0.536. The van der Waals surface area contributed by atoms with Crippen molar-refractivity contribution < 1.29 is 33.3 Å². The molecule has 0 spiro atoms. The van der Waals surface area contributed by atoms with Crippen molar-refractivity contribution in [2.24, 2.45) is 0 Å². The van der Waals surface area contributed by atoms with E-state index in [1.54, 1.807) is 0 Å². The summed E-state index contributed by atoms with van der Waals surface area (Å²) in [5, 5.41) is 23.0. The summed E-state index contributed by atoms with van der Waals surface area (Å²) in [4.78, 5) is 18.3. The lowest BCUT2D eigenvalue weighted by Gasteiger charge is -2.43. The van der Waals surface area contributed by atoms with Crippen LogP contribution in [0.2, 0.25) is 0 Å². The van der Waals surface area contributed by atoms with E-state index in [9.17, 15) is 23.8 Å². The maximum atomic E-state index is 14.2. The number of aryl methyl sites for hydroxylation is 1. The number of benzene rings is 2. The van der Waals surface area contributed by atoms with E-state index >= 15 is 0 Å². The van der Waals surface area contributed by atoms with Crippen molar-refractivity contribution in [2.75, 3.05) is 71.0 Å². The highest BCUT2D eigenvalue weighted by Gasteiger charge is 2.41. The van der Waals surface area contributed by atoms with E-state index in [1.807, 2.05) is 17.0 Å². The van der Waals surface area contributed by atoms with E-state index in [4.69, 9.17) is 9.47 Å². The third-order valence-corrected chi connectivity index (χ3v) is 7.39. The largest absolute Gasteiger partial charge is 0.487 e. The summed E-state index contributed by atoms with van der Waals surface area (Å²) in [5.74, 6) is -2.79. The quantitative estimate of drug-likeness (QED) is 0.538. The van der Waals surface area contributed by atoms with E-state index in [-0.39, 0.29) is 38.0 Å². The Morgan fingerprint density at radius 2 is 1.71 bits per heavy atom. The first kappa shape index (κ1) is 28.2. The second-order valence-electron chi connectivity index (χ2n) is 10.5. The van der Waals surface area contributed by atoms with Crippen LogP contribution in [0.25, 0.3) is 0 Å². The van der Waals surface area contributed by atoms with E-state index in [1.165, 1.54) is 29.7 Å². The molecule has 2 fully saturated rings. The number of amides is 1. The standard InChI is InChI=1S/C28H37F2N3O5/c1-21-6-3-4-8-23(21)32-12-10-27(35,11-13-32)17-31-14-15-33(25(34)16-37-2)19-28(36,18-31)20-38-24-9-5-7-22(29)26(24)30/h3-9,35-36H,10-20H2,1-2H3/t28-/m0/s1. The molecule has 10 heteroatoms. The second kappa shape index (κ2) is 11.9. The lowest BCUT2D eigenvalue weighted by Crippen LogP contribution is -2.56. The topological polar surface area (TPSA) is 85.7 Å². The van der Waals surface area contributed by atoms with Gasteiger partial charge in [-0.1, -0.05) is 24.3 Å². The molecule has 2 aliphatic heterocycles. The van der Waals surface area contributed by atoms with Gasteiger partial charge in [0.05, 0.1) is 12.1 Å². The number of hydrogen-bond donors (Lipinski definition) is 2. The first-order valence-electron chi connectivity index (χ1n) is 12.9. The predicted octanol–water partition coefficient (Wildman–Crippen LogP) is 2.21. The molecular weight excluding hydrogens is 496 g/mol. The van der Waals surface area contributed by atoms with Gasteiger partial charge in [-0.15, -0.1) is 0 Å². The number of halogens is 2. The van der Waals surface area contributed by atoms with Crippen LogP contribution >= 0.6 is 0 Å². The minimum Gasteiger partial charge on any atom is -0.487 e. The van der Waals surface area contributed by atoms with Gasteiger partial charge in [0.15, 0.2) is 11.6 Å². The zero-order valence-electron chi connectivity index (χ0n) is 22.0. The third-order valence-electron chi connectivity index (χ3n) is 7.39. The van der Waals surface area contributed by atoms with Gasteiger partial charge >= 0.3 is 0 Å². The van der Waals surface area contributed by atoms with Gasteiger partial charge in [0.2, 0.25) is 11.7 Å². The fourth-order valence-electron chi connectivity index (χ4n) is 5.36. The third kappa shape index (κ3) is 6.79. The Morgan fingerprint density at radius 3 is 2.42 bits per heavy atom. The molecule has 208 valence electrons. The minimum atomic E-state index is -1.59. The molecule has 0 aromatic heterocycles. The number of anilines is 1. The summed E-state index contributed by atoms with van der Waals surface area (Å²) in [5.41, 5.74) is -0.211. The molecule has 8 nitrogen and oxygen atoms in total. The van der Waals surface area contributed by atoms with Crippen LogP contribution in [0.15, 0.2) is 42.5 Å². The van der Waals surface area contributed by atoms with Crippen LogP contribution in [0.3, 0.4) is 0 Å². The van der Waals surface area contributed by atoms with E-state index < -0.39 is 22.8 Å². The molecule has 0 unspecified atom stereocenters. The molecule has 2 N–H and O–H groups in total. The molecule has 0 aliphatic carbocycles. The lowest BCUT2D eigenvalue weighted by atomic mass is 9.89. The molecule has 1 amide bonds. The number of piperidine rings is 1. The Morgan fingerprint density at radius 1 is 0.974 bits per heavy atom. The maximum absolute atomic E-state index is 14.2. The van der Waals surface area contributed by atoms with Crippen LogP contribution in [-0.2, 0) is 9.53 Å². The van der Waals surface area contributed by atoms with Crippen LogP contribution in [0.4, 0.5) is 14.5 Å². The Balaban J connectivity index is 1.45. The molecule has 0 saturated carbocycles. The normalized spacial score (nSPS) is 22.3. The van der Waals surface area contributed by atoms with Gasteiger partial charge in [0.25, 0.3) is 0 Å². The summed E-state index contributed by atoms with van der Waals surface area (Å²) in [7, 11) is 1.42. The number of carbonyl (C=O) groups is 1. The Labute approximate surface area is 222 Å². The highest BCUT2D eigenvalue weighted by atomic mass is 19.2. The van der Waals surface area contributed by atoms with Crippen LogP contribution in [0, 0.1) is 18.6 Å². The van der Waals surface area contributed by atoms with Crippen molar-refractivity contribution in [3.05, 3.63) is 59.7 Å². The van der Waals surface area contributed by atoms with Gasteiger partial charge in [0.1, 0.15) is 18.8 Å². The molecule has 2 saturated heterocycles. The Bertz CT molecular complexity index is 1110. The van der Waals surface area contributed by atoms with E-state index in [2.05, 4.69) is 24.0 Å². The van der Waals surface area contributed by atoms with Gasteiger partial charge in [0, 0.05) is 52.1 Å². The molecule has 0 bridgehead atoms. The Hall–Kier alpha value is -2.79. The van der Waals surface area contributed by atoms with Crippen molar-refractivity contribution in [3.63, 3.8) is 0 Å². The monoisotopic (exact) mass is 533 g/mol. The number of nitrogens with zero attached hydrogens (tertiary/aromatic N) is 3. The molecule has 4 rings (SSSR count). The first-order valence-corrected chi connectivity index (χ1v) is 12.9. The summed E-state index contributed by atoms with van der Waals surface area (Å²) in [6.45, 7) is 4.03. The highest BCUT2D eigenvalue weighted by Crippen LogP contribution is 2.30. The van der Waals surface area contributed by atoms with Crippen molar-refractivity contribution in [1.82, 2.24) is 9.80 Å². The second-order valence-corrected chi connectivity index (χ2v) is 10.5. The van der Waals surface area contributed by atoms with Gasteiger partial charge in [-0.05, 0) is 43.5 Å². The molecule has 1 atom stereocenters. The Kier molecular flexibility index (Phi) is 8.87. The summed E-state index contributed by atoms with van der Waals surface area (Å²) in [6.07, 6.45) is 1.10. The maximum Gasteiger partial charge on any atom is 0.248 e. The molecular formula is C28H37F2N3O5. The summed E-state index contributed by atoms with van der Waals surface area (Å²) < 4.78 is 38.3. The highest BCUT2D eigenvalue weighted by molar-refractivity contribution is 5.77. The number of aliphatic hydroxyl groups is 2. The van der Waals surface area contributed by atoms with Gasteiger partial charge in [-0.25, -0.2) is 4.39 Å². The number of carbonyl (C=O) groups excluding carboxylic acids is 1. The summed E-state index contributed by atoms with van der Waals surface area (Å²) in [6, 6.07) is 11.8. The van der Waals surface area contributed by atoms with Crippen LogP contribution in [0.5, 0.6) is 5.75 Å². The van der Waals surface area contributed by atoms with E-state index in [0.717, 1.165) is 11.8 Å². The SMILES string of the molecule is COCC(=O)N1CCN(CC2(O)CCN(c3ccccc3C)CC2)C[C@@](O)(COc2cccc(F)c2F)C1. The van der Waals surface area contributed by atoms with Gasteiger partial charge in [-0.2, -0.15) is 4.39 Å². The van der Waals surface area contributed by atoms with Crippen LogP contribution in [0.1, 0.15) is 18.4 Å². The lowest BCUT2D eigenvalue weighted by molar-refractivity contribution is -0.138. The van der Waals surface area contributed by atoms with Crippen LogP contribution < -0.4 is 9.64 Å². The number of β-amino-alcohol motifs (C(OH)–C–C–N with tert-alkyl or cyclic N) is 2. The minimum absolute atomic E-state index is 0.0673. The fourth-order valence-corrected chi connectivity index (χ4v) is 5.36. The van der Waals surface area contributed by atoms with Crippen molar-refractivity contribution in [2.45, 2.75) is 31.0 Å². The molecule has 2 aromatic rings. The number of para-hydroxylation sites is 1. The zero-order valence-corrected chi connectivity index (χ0v) is 22.0. The summed E-state index contributed by atoms with van der Waals surface area (Å²) >= 11 is 0.